The van der Waals surface area contributed by atoms with E-state index in [1.54, 1.807) is 0 Å². The number of hydrogen-bond donors (Lipinski definition) is 1. The van der Waals surface area contributed by atoms with Crippen LogP contribution in [0.4, 0.5) is 0 Å². The molecule has 2 bridgehead atoms. The van der Waals surface area contributed by atoms with Crippen LogP contribution < -0.4 is 5.32 Å². The Labute approximate surface area is 97.6 Å². The highest BCUT2D eigenvalue weighted by atomic mass is 14.9. The van der Waals surface area contributed by atoms with Crippen LogP contribution in [-0.2, 0) is 6.54 Å². The van der Waals surface area contributed by atoms with Gasteiger partial charge < -0.3 is 5.32 Å². The zero-order valence-corrected chi connectivity index (χ0v) is 9.60. The zero-order chi connectivity index (χ0) is 10.8. The molecule has 1 aromatic rings. The lowest BCUT2D eigenvalue weighted by molar-refractivity contribution is 0.414. The molecule has 0 aliphatic heterocycles. The number of fused-ring (bicyclic) bond motifs is 2. The van der Waals surface area contributed by atoms with Gasteiger partial charge >= 0.3 is 0 Å². The lowest BCUT2D eigenvalue weighted by Crippen LogP contribution is -2.25. The van der Waals surface area contributed by atoms with E-state index < -0.39 is 0 Å². The first-order valence-electron chi connectivity index (χ1n) is 6.35. The summed E-state index contributed by atoms with van der Waals surface area (Å²) in [7, 11) is 0. The number of benzene rings is 1. The average Bonchev–Trinajstić information content (AvgIpc) is 2.92. The van der Waals surface area contributed by atoms with E-state index in [1.807, 2.05) is 0 Å². The van der Waals surface area contributed by atoms with Crippen molar-refractivity contribution in [3.8, 4) is 0 Å². The fourth-order valence-corrected chi connectivity index (χ4v) is 3.13. The topological polar surface area (TPSA) is 12.0 Å². The molecule has 16 heavy (non-hydrogen) atoms. The molecule has 0 amide bonds. The standard InChI is InChI=1S/C15H19N/c1-2-4-12(5-3-1)10-16-11-15-9-13-6-7-14(15)8-13/h1-7,13-16H,8-11H2/t13-,14+,15+/m0/s1. The van der Waals surface area contributed by atoms with E-state index in [9.17, 15) is 0 Å². The van der Waals surface area contributed by atoms with E-state index in [2.05, 4.69) is 47.8 Å². The molecule has 0 aromatic heterocycles. The molecule has 1 aromatic carbocycles. The molecule has 2 aliphatic carbocycles. The maximum atomic E-state index is 3.59. The number of allylic oxidation sites excluding steroid dienone is 2. The van der Waals surface area contributed by atoms with E-state index in [0.717, 1.165) is 24.3 Å². The monoisotopic (exact) mass is 213 g/mol. The summed E-state index contributed by atoms with van der Waals surface area (Å²) >= 11 is 0. The molecule has 1 fully saturated rings. The largest absolute Gasteiger partial charge is 0.312 e. The second-order valence-corrected chi connectivity index (χ2v) is 5.16. The van der Waals surface area contributed by atoms with Crippen LogP contribution in [0.3, 0.4) is 0 Å². The maximum Gasteiger partial charge on any atom is 0.0205 e. The highest BCUT2D eigenvalue weighted by Crippen LogP contribution is 2.42. The summed E-state index contributed by atoms with van der Waals surface area (Å²) in [4.78, 5) is 0. The Morgan fingerprint density at radius 3 is 2.62 bits per heavy atom. The van der Waals surface area contributed by atoms with Gasteiger partial charge in [0.25, 0.3) is 0 Å². The molecular formula is C15H19N. The minimum atomic E-state index is 0.869. The molecule has 1 nitrogen and oxygen atoms in total. The summed E-state index contributed by atoms with van der Waals surface area (Å²) in [5.74, 6) is 2.65. The number of nitrogens with one attached hydrogen (secondary N) is 1. The molecule has 0 radical (unpaired) electrons. The Bertz CT molecular complexity index is 368. The Morgan fingerprint density at radius 2 is 1.94 bits per heavy atom. The second kappa shape index (κ2) is 4.42. The van der Waals surface area contributed by atoms with Crippen LogP contribution in [0.15, 0.2) is 42.5 Å². The van der Waals surface area contributed by atoms with Gasteiger partial charge in [-0.1, -0.05) is 42.5 Å². The number of hydrogen-bond acceptors (Lipinski definition) is 1. The van der Waals surface area contributed by atoms with Crippen molar-refractivity contribution in [1.82, 2.24) is 5.32 Å². The van der Waals surface area contributed by atoms with Gasteiger partial charge in [-0.25, -0.2) is 0 Å². The molecule has 1 saturated carbocycles. The van der Waals surface area contributed by atoms with Gasteiger partial charge in [0.05, 0.1) is 0 Å². The maximum absolute atomic E-state index is 3.59. The van der Waals surface area contributed by atoms with Crippen molar-refractivity contribution < 1.29 is 0 Å². The lowest BCUT2D eigenvalue weighted by atomic mass is 9.93. The van der Waals surface area contributed by atoms with Gasteiger partial charge in [-0.2, -0.15) is 0 Å². The molecule has 0 heterocycles. The highest BCUT2D eigenvalue weighted by Gasteiger charge is 2.34. The van der Waals surface area contributed by atoms with Crippen molar-refractivity contribution in [3.63, 3.8) is 0 Å². The van der Waals surface area contributed by atoms with Crippen LogP contribution in [0.1, 0.15) is 18.4 Å². The van der Waals surface area contributed by atoms with Gasteiger partial charge in [-0.15, -0.1) is 0 Å². The first-order valence-corrected chi connectivity index (χ1v) is 6.35. The summed E-state index contributed by atoms with van der Waals surface area (Å²) in [5, 5.41) is 3.59. The molecule has 0 unspecified atom stereocenters. The predicted molar refractivity (Wildman–Crippen MR) is 67.0 cm³/mol. The van der Waals surface area contributed by atoms with Crippen molar-refractivity contribution in [2.24, 2.45) is 17.8 Å². The van der Waals surface area contributed by atoms with Crippen LogP contribution in [0.5, 0.6) is 0 Å². The van der Waals surface area contributed by atoms with Gasteiger partial charge in [-0.3, -0.25) is 0 Å². The van der Waals surface area contributed by atoms with Gasteiger partial charge in [-0.05, 0) is 42.7 Å². The fourth-order valence-electron chi connectivity index (χ4n) is 3.13. The van der Waals surface area contributed by atoms with E-state index in [0.29, 0.717) is 0 Å². The molecular weight excluding hydrogens is 194 g/mol. The molecule has 84 valence electrons. The summed E-state index contributed by atoms with van der Waals surface area (Å²) < 4.78 is 0. The van der Waals surface area contributed by atoms with Gasteiger partial charge in [0.15, 0.2) is 0 Å². The average molecular weight is 213 g/mol. The first-order chi connectivity index (χ1) is 7.92. The molecule has 3 rings (SSSR count). The quantitative estimate of drug-likeness (QED) is 0.758. The van der Waals surface area contributed by atoms with Gasteiger partial charge in [0.2, 0.25) is 0 Å². The molecule has 0 spiro atoms. The smallest absolute Gasteiger partial charge is 0.0205 e. The van der Waals surface area contributed by atoms with E-state index in [4.69, 9.17) is 0 Å². The predicted octanol–water partition coefficient (Wildman–Crippen LogP) is 2.99. The van der Waals surface area contributed by atoms with Crippen LogP contribution >= 0.6 is 0 Å². The van der Waals surface area contributed by atoms with E-state index >= 15 is 0 Å². The molecule has 1 heteroatoms. The Morgan fingerprint density at radius 1 is 1.06 bits per heavy atom. The van der Waals surface area contributed by atoms with Crippen LogP contribution in [0.25, 0.3) is 0 Å². The second-order valence-electron chi connectivity index (χ2n) is 5.16. The Kier molecular flexibility index (Phi) is 2.79. The third kappa shape index (κ3) is 2.05. The normalized spacial score (nSPS) is 31.1. The number of rotatable bonds is 4. The molecule has 1 N–H and O–H groups in total. The summed E-state index contributed by atoms with van der Waals surface area (Å²) in [5.41, 5.74) is 1.39. The summed E-state index contributed by atoms with van der Waals surface area (Å²) in [6, 6.07) is 10.7. The summed E-state index contributed by atoms with van der Waals surface area (Å²) in [6.45, 7) is 2.19. The zero-order valence-electron chi connectivity index (χ0n) is 9.60. The van der Waals surface area contributed by atoms with Crippen molar-refractivity contribution >= 4 is 0 Å². The minimum Gasteiger partial charge on any atom is -0.312 e. The fraction of sp³-hybridized carbons (Fsp3) is 0.467. The van der Waals surface area contributed by atoms with Crippen LogP contribution in [0.2, 0.25) is 0 Å². The lowest BCUT2D eigenvalue weighted by Gasteiger charge is -2.18. The third-order valence-electron chi connectivity index (χ3n) is 3.99. The SMILES string of the molecule is C1=C[C@@H]2C[C@H]1C[C@@H]2CNCc1ccccc1. The highest BCUT2D eigenvalue weighted by molar-refractivity contribution is 5.14. The van der Waals surface area contributed by atoms with Crippen LogP contribution in [-0.4, -0.2) is 6.54 Å². The Balaban J connectivity index is 1.46. The van der Waals surface area contributed by atoms with Gasteiger partial charge in [0.1, 0.15) is 0 Å². The van der Waals surface area contributed by atoms with Crippen molar-refractivity contribution in [1.29, 1.82) is 0 Å². The van der Waals surface area contributed by atoms with Crippen molar-refractivity contribution in [3.05, 3.63) is 48.0 Å². The van der Waals surface area contributed by atoms with Crippen LogP contribution in [0, 0.1) is 17.8 Å². The third-order valence-corrected chi connectivity index (χ3v) is 3.99. The molecule has 2 aliphatic rings. The van der Waals surface area contributed by atoms with E-state index in [-0.39, 0.29) is 0 Å². The Hall–Kier alpha value is -1.08. The molecule has 0 saturated heterocycles. The van der Waals surface area contributed by atoms with Crippen molar-refractivity contribution in [2.75, 3.05) is 6.54 Å². The minimum absolute atomic E-state index is 0.869. The first kappa shape index (κ1) is 10.1. The van der Waals surface area contributed by atoms with Crippen molar-refractivity contribution in [2.45, 2.75) is 19.4 Å². The van der Waals surface area contributed by atoms with Gasteiger partial charge in [0, 0.05) is 6.54 Å². The van der Waals surface area contributed by atoms with E-state index in [1.165, 1.54) is 24.9 Å². The molecule has 3 atom stereocenters. The summed E-state index contributed by atoms with van der Waals surface area (Å²) in [6.07, 6.45) is 7.67.